The van der Waals surface area contributed by atoms with Gasteiger partial charge in [-0.1, -0.05) is 24.3 Å². The predicted octanol–water partition coefficient (Wildman–Crippen LogP) is 2.02. The fourth-order valence-corrected chi connectivity index (χ4v) is 2.77. The smallest absolute Gasteiger partial charge is 0.309 e. The summed E-state index contributed by atoms with van der Waals surface area (Å²) in [6.45, 7) is 2.60. The molecule has 2 heterocycles. The lowest BCUT2D eigenvalue weighted by Crippen LogP contribution is -2.31. The summed E-state index contributed by atoms with van der Waals surface area (Å²) in [6.07, 6.45) is 3.24. The van der Waals surface area contributed by atoms with Gasteiger partial charge in [0.25, 0.3) is 0 Å². The van der Waals surface area contributed by atoms with Crippen LogP contribution in [0.3, 0.4) is 0 Å². The van der Waals surface area contributed by atoms with Crippen molar-refractivity contribution in [3.05, 3.63) is 53.6 Å². The number of nitrogens with zero attached hydrogens (tertiary/aromatic N) is 2. The number of benzene rings is 1. The monoisotopic (exact) mass is 272 g/mol. The molecule has 0 aliphatic carbocycles. The van der Waals surface area contributed by atoms with Crippen LogP contribution in [0.4, 0.5) is 0 Å². The van der Waals surface area contributed by atoms with Crippen LogP contribution in [0, 0.1) is 0 Å². The summed E-state index contributed by atoms with van der Waals surface area (Å²) in [5.74, 6) is -0.857. The number of ether oxygens (including phenoxy) is 1. The van der Waals surface area contributed by atoms with Crippen molar-refractivity contribution in [1.82, 2.24) is 9.55 Å². The lowest BCUT2D eigenvalue weighted by atomic mass is 9.94. The molecule has 5 nitrogen and oxygen atoms in total. The van der Waals surface area contributed by atoms with E-state index in [1.165, 1.54) is 5.56 Å². The Balaban J connectivity index is 2.05. The Kier molecular flexibility index (Phi) is 3.28. The second kappa shape index (κ2) is 5.09. The number of imidazole rings is 1. The molecule has 1 N–H and O–H groups in total. The molecule has 1 aromatic carbocycles. The van der Waals surface area contributed by atoms with Gasteiger partial charge in [-0.05, 0) is 18.1 Å². The number of hydrogen-bond donors (Lipinski definition) is 1. The van der Waals surface area contributed by atoms with Gasteiger partial charge in [0.15, 0.2) is 0 Å². The zero-order chi connectivity index (χ0) is 14.1. The molecule has 3 rings (SSSR count). The Morgan fingerprint density at radius 3 is 3.10 bits per heavy atom. The number of aliphatic carboxylic acids is 1. The van der Waals surface area contributed by atoms with Crippen molar-refractivity contribution >= 4 is 5.97 Å². The Hall–Kier alpha value is -2.14. The second-order valence-corrected chi connectivity index (χ2v) is 5.02. The first kappa shape index (κ1) is 12.9. The highest BCUT2D eigenvalue weighted by Crippen LogP contribution is 2.33. The summed E-state index contributed by atoms with van der Waals surface area (Å²) in [5.41, 5.74) is 3.01. The van der Waals surface area contributed by atoms with Gasteiger partial charge >= 0.3 is 5.97 Å². The SMILES string of the molecule is CC1OCc2ccccc2C1n1cncc1CC(=O)O. The third-order valence-corrected chi connectivity index (χ3v) is 3.70. The molecule has 104 valence electrons. The number of carbonyl (C=O) groups is 1. The molecule has 0 spiro atoms. The first-order chi connectivity index (χ1) is 9.66. The van der Waals surface area contributed by atoms with E-state index in [9.17, 15) is 4.79 Å². The van der Waals surface area contributed by atoms with E-state index >= 15 is 0 Å². The van der Waals surface area contributed by atoms with Crippen molar-refractivity contribution in [1.29, 1.82) is 0 Å². The Bertz CT molecular complexity index is 636. The molecule has 1 aliphatic heterocycles. The zero-order valence-corrected chi connectivity index (χ0v) is 11.2. The van der Waals surface area contributed by atoms with Crippen LogP contribution in [0.25, 0.3) is 0 Å². The van der Waals surface area contributed by atoms with Gasteiger partial charge in [0.1, 0.15) is 0 Å². The Morgan fingerprint density at radius 2 is 2.30 bits per heavy atom. The predicted molar refractivity (Wildman–Crippen MR) is 72.4 cm³/mol. The van der Waals surface area contributed by atoms with E-state index < -0.39 is 5.97 Å². The minimum atomic E-state index is -0.857. The van der Waals surface area contributed by atoms with Gasteiger partial charge in [-0.3, -0.25) is 4.79 Å². The first-order valence-corrected chi connectivity index (χ1v) is 6.58. The van der Waals surface area contributed by atoms with Gasteiger partial charge in [-0.25, -0.2) is 4.98 Å². The van der Waals surface area contributed by atoms with Gasteiger partial charge in [0.05, 0.1) is 31.5 Å². The number of carboxylic acids is 1. The van der Waals surface area contributed by atoms with Crippen LogP contribution in [0.5, 0.6) is 0 Å². The molecule has 0 fully saturated rings. The van der Waals surface area contributed by atoms with Crippen LogP contribution in [-0.2, 0) is 22.6 Å². The molecule has 5 heteroatoms. The van der Waals surface area contributed by atoms with E-state index in [4.69, 9.17) is 9.84 Å². The van der Waals surface area contributed by atoms with Crippen molar-refractivity contribution in [3.8, 4) is 0 Å². The Labute approximate surface area is 116 Å². The largest absolute Gasteiger partial charge is 0.481 e. The van der Waals surface area contributed by atoms with Gasteiger partial charge in [-0.2, -0.15) is 0 Å². The molecule has 0 amide bonds. The lowest BCUT2D eigenvalue weighted by Gasteiger charge is -2.33. The summed E-state index contributed by atoms with van der Waals surface area (Å²) in [5, 5.41) is 9.00. The van der Waals surface area contributed by atoms with Crippen LogP contribution in [0.2, 0.25) is 0 Å². The minimum absolute atomic E-state index is 0.0216. The quantitative estimate of drug-likeness (QED) is 0.928. The van der Waals surface area contributed by atoms with Crippen LogP contribution >= 0.6 is 0 Å². The molecule has 20 heavy (non-hydrogen) atoms. The van der Waals surface area contributed by atoms with Crippen molar-refractivity contribution in [3.63, 3.8) is 0 Å². The van der Waals surface area contributed by atoms with E-state index in [2.05, 4.69) is 11.1 Å². The summed E-state index contributed by atoms with van der Waals surface area (Å²) >= 11 is 0. The maximum Gasteiger partial charge on any atom is 0.309 e. The number of aromatic nitrogens is 2. The molecule has 0 bridgehead atoms. The molecule has 0 saturated carbocycles. The minimum Gasteiger partial charge on any atom is -0.481 e. The topological polar surface area (TPSA) is 64.4 Å². The van der Waals surface area contributed by atoms with Crippen molar-refractivity contribution in [2.45, 2.75) is 32.1 Å². The van der Waals surface area contributed by atoms with E-state index in [1.807, 2.05) is 29.7 Å². The molecule has 0 saturated heterocycles. The number of hydrogen-bond acceptors (Lipinski definition) is 3. The van der Waals surface area contributed by atoms with Gasteiger partial charge in [-0.15, -0.1) is 0 Å². The summed E-state index contributed by atoms with van der Waals surface area (Å²) < 4.78 is 7.72. The van der Waals surface area contributed by atoms with Gasteiger partial charge < -0.3 is 14.4 Å². The van der Waals surface area contributed by atoms with Crippen LogP contribution in [0.1, 0.15) is 29.8 Å². The lowest BCUT2D eigenvalue weighted by molar-refractivity contribution is -0.136. The maximum atomic E-state index is 11.0. The average Bonchev–Trinajstić information content (AvgIpc) is 2.85. The number of carboxylic acid groups (broad SMARTS) is 1. The standard InChI is InChI=1S/C15H16N2O3/c1-10-15(13-5-3-2-4-11(13)8-20-10)17-9-16-7-12(17)6-14(18)19/h2-5,7,9-10,15H,6,8H2,1H3,(H,18,19). The van der Waals surface area contributed by atoms with Crippen molar-refractivity contribution < 1.29 is 14.6 Å². The fraction of sp³-hybridized carbons (Fsp3) is 0.333. The number of rotatable bonds is 3. The Morgan fingerprint density at radius 1 is 1.50 bits per heavy atom. The maximum absolute atomic E-state index is 11.0. The summed E-state index contributed by atoms with van der Waals surface area (Å²) in [6, 6.07) is 8.07. The molecule has 2 aromatic rings. The molecule has 2 atom stereocenters. The summed E-state index contributed by atoms with van der Waals surface area (Å²) in [4.78, 5) is 15.1. The third kappa shape index (κ3) is 2.20. The van der Waals surface area contributed by atoms with E-state index in [1.54, 1.807) is 12.5 Å². The van der Waals surface area contributed by atoms with E-state index in [-0.39, 0.29) is 18.6 Å². The highest BCUT2D eigenvalue weighted by Gasteiger charge is 2.29. The molecule has 2 unspecified atom stereocenters. The van der Waals surface area contributed by atoms with Crippen LogP contribution in [-0.4, -0.2) is 26.7 Å². The second-order valence-electron chi connectivity index (χ2n) is 5.02. The third-order valence-electron chi connectivity index (χ3n) is 3.70. The fourth-order valence-electron chi connectivity index (χ4n) is 2.77. The van der Waals surface area contributed by atoms with Crippen molar-refractivity contribution in [2.24, 2.45) is 0 Å². The van der Waals surface area contributed by atoms with E-state index in [0.717, 1.165) is 5.56 Å². The van der Waals surface area contributed by atoms with Crippen LogP contribution in [0.15, 0.2) is 36.8 Å². The highest BCUT2D eigenvalue weighted by molar-refractivity contribution is 5.69. The molecular weight excluding hydrogens is 256 g/mol. The molecular formula is C15H16N2O3. The average molecular weight is 272 g/mol. The van der Waals surface area contributed by atoms with Crippen LogP contribution < -0.4 is 0 Å². The molecule has 1 aliphatic rings. The van der Waals surface area contributed by atoms with E-state index in [0.29, 0.717) is 12.3 Å². The molecule has 1 aromatic heterocycles. The molecule has 0 radical (unpaired) electrons. The first-order valence-electron chi connectivity index (χ1n) is 6.58. The zero-order valence-electron chi connectivity index (χ0n) is 11.2. The highest BCUT2D eigenvalue weighted by atomic mass is 16.5. The summed E-state index contributed by atoms with van der Waals surface area (Å²) in [7, 11) is 0. The van der Waals surface area contributed by atoms with Gasteiger partial charge in [0.2, 0.25) is 0 Å². The number of fused-ring (bicyclic) bond motifs is 1. The van der Waals surface area contributed by atoms with Crippen molar-refractivity contribution in [2.75, 3.05) is 0 Å². The van der Waals surface area contributed by atoms with Gasteiger partial charge in [0, 0.05) is 11.9 Å². The normalized spacial score (nSPS) is 21.4.